The van der Waals surface area contributed by atoms with Gasteiger partial charge in [0.2, 0.25) is 0 Å². The number of halogens is 1. The highest BCUT2D eigenvalue weighted by Gasteiger charge is 2.28. The molecular weight excluding hydrogens is 469 g/mol. The van der Waals surface area contributed by atoms with Gasteiger partial charge in [-0.1, -0.05) is 30.3 Å². The van der Waals surface area contributed by atoms with Crippen LogP contribution in [0.1, 0.15) is 31.8 Å². The molecule has 3 aromatic carbocycles. The van der Waals surface area contributed by atoms with Gasteiger partial charge in [-0.3, -0.25) is 14.3 Å². The SMILES string of the molecule is Cc1cccc(NS(=O)(=O)c2ccc(C)c(C(=O)N3CCN(C(=O)c4ccccc4F)CC3)c2)c1. The van der Waals surface area contributed by atoms with Crippen LogP contribution in [0.15, 0.2) is 71.6 Å². The molecule has 3 aromatic rings. The smallest absolute Gasteiger partial charge is 0.261 e. The standard InChI is InChI=1S/C26H26FN3O4S/c1-18-6-5-7-20(16-18)28-35(33,34)21-11-10-19(2)23(17-21)26(32)30-14-12-29(13-15-30)25(31)22-8-3-4-9-24(22)27/h3-11,16-17,28H,12-15H2,1-2H3. The molecular formula is C26H26FN3O4S. The third kappa shape index (κ3) is 5.35. The van der Waals surface area contributed by atoms with E-state index < -0.39 is 21.7 Å². The number of nitrogens with zero attached hydrogens (tertiary/aromatic N) is 2. The van der Waals surface area contributed by atoms with Crippen LogP contribution >= 0.6 is 0 Å². The Bertz CT molecular complexity index is 1380. The molecule has 35 heavy (non-hydrogen) atoms. The van der Waals surface area contributed by atoms with E-state index in [9.17, 15) is 22.4 Å². The second kappa shape index (κ2) is 9.87. The van der Waals surface area contributed by atoms with Crippen LogP contribution in [0.4, 0.5) is 10.1 Å². The van der Waals surface area contributed by atoms with Gasteiger partial charge in [-0.05, 0) is 61.4 Å². The predicted octanol–water partition coefficient (Wildman–Crippen LogP) is 3.84. The van der Waals surface area contributed by atoms with Gasteiger partial charge >= 0.3 is 0 Å². The van der Waals surface area contributed by atoms with Gasteiger partial charge in [0.15, 0.2) is 0 Å². The number of carbonyl (C=O) groups is 2. The second-order valence-corrected chi connectivity index (χ2v) is 10.2. The fourth-order valence-electron chi connectivity index (χ4n) is 4.01. The summed E-state index contributed by atoms with van der Waals surface area (Å²) >= 11 is 0. The molecule has 4 rings (SSSR count). The molecule has 0 unspecified atom stereocenters. The van der Waals surface area contributed by atoms with E-state index >= 15 is 0 Å². The Labute approximate surface area is 204 Å². The van der Waals surface area contributed by atoms with Gasteiger partial charge in [-0.2, -0.15) is 0 Å². The third-order valence-electron chi connectivity index (χ3n) is 5.98. The minimum atomic E-state index is -3.90. The topological polar surface area (TPSA) is 86.8 Å². The Hall–Kier alpha value is -3.72. The number of rotatable bonds is 5. The molecule has 1 saturated heterocycles. The Balaban J connectivity index is 1.48. The van der Waals surface area contributed by atoms with Crippen molar-refractivity contribution in [3.8, 4) is 0 Å². The van der Waals surface area contributed by atoms with Crippen molar-refractivity contribution in [2.24, 2.45) is 0 Å². The van der Waals surface area contributed by atoms with Gasteiger partial charge in [0.1, 0.15) is 5.82 Å². The van der Waals surface area contributed by atoms with Gasteiger partial charge in [0, 0.05) is 37.4 Å². The van der Waals surface area contributed by atoms with Crippen molar-refractivity contribution in [3.63, 3.8) is 0 Å². The Kier molecular flexibility index (Phi) is 6.88. The first kappa shape index (κ1) is 24.4. The highest BCUT2D eigenvalue weighted by atomic mass is 32.2. The minimum absolute atomic E-state index is 0.00198. The van der Waals surface area contributed by atoms with Gasteiger partial charge in [0.05, 0.1) is 10.5 Å². The van der Waals surface area contributed by atoms with Crippen molar-refractivity contribution in [2.45, 2.75) is 18.7 Å². The summed E-state index contributed by atoms with van der Waals surface area (Å²) < 4.78 is 42.4. The van der Waals surface area contributed by atoms with Gasteiger partial charge in [-0.15, -0.1) is 0 Å². The fraction of sp³-hybridized carbons (Fsp3) is 0.231. The first-order valence-electron chi connectivity index (χ1n) is 11.2. The zero-order valence-electron chi connectivity index (χ0n) is 19.5. The number of hydrogen-bond donors (Lipinski definition) is 1. The molecule has 0 bridgehead atoms. The monoisotopic (exact) mass is 495 g/mol. The zero-order valence-corrected chi connectivity index (χ0v) is 20.3. The summed E-state index contributed by atoms with van der Waals surface area (Å²) in [5.74, 6) is -1.31. The normalized spacial score (nSPS) is 14.0. The van der Waals surface area contributed by atoms with Crippen molar-refractivity contribution in [2.75, 3.05) is 30.9 Å². The van der Waals surface area contributed by atoms with Gasteiger partial charge in [-0.25, -0.2) is 12.8 Å². The highest BCUT2D eigenvalue weighted by molar-refractivity contribution is 7.92. The lowest BCUT2D eigenvalue weighted by Gasteiger charge is -2.35. The molecule has 7 nitrogen and oxygen atoms in total. The maximum Gasteiger partial charge on any atom is 0.261 e. The van der Waals surface area contributed by atoms with Crippen LogP contribution in [0.25, 0.3) is 0 Å². The number of hydrogen-bond acceptors (Lipinski definition) is 4. The second-order valence-electron chi connectivity index (χ2n) is 8.52. The number of aryl methyl sites for hydroxylation is 2. The zero-order chi connectivity index (χ0) is 25.2. The summed E-state index contributed by atoms with van der Waals surface area (Å²) in [6, 6.07) is 17.3. The number of amides is 2. The summed E-state index contributed by atoms with van der Waals surface area (Å²) in [5.41, 5.74) is 2.29. The average molecular weight is 496 g/mol. The van der Waals surface area contributed by atoms with Crippen molar-refractivity contribution in [1.82, 2.24) is 9.80 Å². The number of anilines is 1. The molecule has 0 radical (unpaired) electrons. The molecule has 182 valence electrons. The maximum atomic E-state index is 14.0. The van der Waals surface area contributed by atoms with Crippen molar-refractivity contribution >= 4 is 27.5 Å². The summed E-state index contributed by atoms with van der Waals surface area (Å²) in [4.78, 5) is 29.0. The highest BCUT2D eigenvalue weighted by Crippen LogP contribution is 2.22. The lowest BCUT2D eigenvalue weighted by molar-refractivity contribution is 0.0532. The van der Waals surface area contributed by atoms with Crippen molar-refractivity contribution < 1.29 is 22.4 Å². The van der Waals surface area contributed by atoms with Crippen LogP contribution in [-0.2, 0) is 10.0 Å². The predicted molar refractivity (Wildman–Crippen MR) is 131 cm³/mol. The first-order chi connectivity index (χ1) is 16.7. The molecule has 1 fully saturated rings. The van der Waals surface area contributed by atoms with Gasteiger partial charge in [0.25, 0.3) is 21.8 Å². The lowest BCUT2D eigenvalue weighted by atomic mass is 10.1. The molecule has 1 aliphatic rings. The summed E-state index contributed by atoms with van der Waals surface area (Å²) in [7, 11) is -3.90. The van der Waals surface area contributed by atoms with Crippen LogP contribution in [0.5, 0.6) is 0 Å². The van der Waals surface area contributed by atoms with E-state index in [1.165, 1.54) is 35.2 Å². The van der Waals surface area contributed by atoms with E-state index in [0.717, 1.165) is 5.56 Å². The molecule has 0 spiro atoms. The van der Waals surface area contributed by atoms with Crippen LogP contribution in [0, 0.1) is 19.7 Å². The van der Waals surface area contributed by atoms with E-state index in [0.29, 0.717) is 11.3 Å². The van der Waals surface area contributed by atoms with Crippen LogP contribution in [-0.4, -0.2) is 56.2 Å². The number of carbonyl (C=O) groups excluding carboxylic acids is 2. The largest absolute Gasteiger partial charge is 0.335 e. The Morgan fingerprint density at radius 2 is 1.43 bits per heavy atom. The first-order valence-corrected chi connectivity index (χ1v) is 12.7. The molecule has 0 aliphatic carbocycles. The lowest BCUT2D eigenvalue weighted by Crippen LogP contribution is -2.50. The van der Waals surface area contributed by atoms with E-state index in [1.54, 1.807) is 42.2 Å². The number of piperazine rings is 1. The molecule has 9 heteroatoms. The van der Waals surface area contributed by atoms with Crippen molar-refractivity contribution in [1.29, 1.82) is 0 Å². The van der Waals surface area contributed by atoms with Crippen LogP contribution < -0.4 is 4.72 Å². The van der Waals surface area contributed by atoms with Crippen LogP contribution in [0.3, 0.4) is 0 Å². The van der Waals surface area contributed by atoms with E-state index in [2.05, 4.69) is 4.72 Å². The molecule has 0 aromatic heterocycles. The minimum Gasteiger partial charge on any atom is -0.335 e. The summed E-state index contributed by atoms with van der Waals surface area (Å²) in [5, 5.41) is 0. The number of benzene rings is 3. The van der Waals surface area contributed by atoms with E-state index in [1.807, 2.05) is 13.0 Å². The summed E-state index contributed by atoms with van der Waals surface area (Å²) in [6.07, 6.45) is 0. The molecule has 1 N–H and O–H groups in total. The van der Waals surface area contributed by atoms with Crippen LogP contribution in [0.2, 0.25) is 0 Å². The Morgan fingerprint density at radius 1 is 0.800 bits per heavy atom. The molecule has 0 saturated carbocycles. The maximum absolute atomic E-state index is 14.0. The van der Waals surface area contributed by atoms with Crippen molar-refractivity contribution in [3.05, 3.63) is 94.8 Å². The number of nitrogens with one attached hydrogen (secondary N) is 1. The molecule has 1 heterocycles. The van der Waals surface area contributed by atoms with E-state index in [-0.39, 0.29) is 48.1 Å². The van der Waals surface area contributed by atoms with E-state index in [4.69, 9.17) is 0 Å². The quantitative estimate of drug-likeness (QED) is 0.583. The van der Waals surface area contributed by atoms with Gasteiger partial charge < -0.3 is 9.80 Å². The number of sulfonamides is 1. The Morgan fingerprint density at radius 3 is 2.06 bits per heavy atom. The summed E-state index contributed by atoms with van der Waals surface area (Å²) in [6.45, 7) is 4.64. The molecule has 0 atom stereocenters. The third-order valence-corrected chi connectivity index (χ3v) is 7.36. The molecule has 1 aliphatic heterocycles. The molecule has 2 amide bonds. The average Bonchev–Trinajstić information content (AvgIpc) is 2.83. The fourth-order valence-corrected chi connectivity index (χ4v) is 5.08.